The maximum Gasteiger partial charge on any atom is 0.482 e. The van der Waals surface area contributed by atoms with E-state index in [4.69, 9.17) is 0 Å². The third kappa shape index (κ3) is 1.78. The highest BCUT2D eigenvalue weighted by molar-refractivity contribution is 6.60. The molecule has 0 N–H and O–H groups in total. The van der Waals surface area contributed by atoms with Crippen molar-refractivity contribution in [1.82, 2.24) is 0 Å². The zero-order valence-electron chi connectivity index (χ0n) is 9.53. The zero-order valence-corrected chi connectivity index (χ0v) is 9.53. The highest BCUT2D eigenvalue weighted by Crippen LogP contribution is 2.63. The molecule has 1 aromatic rings. The van der Waals surface area contributed by atoms with Crippen LogP contribution in [0.25, 0.3) is 0 Å². The zero-order chi connectivity index (χ0) is 12.0. The van der Waals surface area contributed by atoms with Crippen molar-refractivity contribution in [2.75, 3.05) is 0 Å². The maximum absolute atomic E-state index is 13.2. The first kappa shape index (κ1) is 11.2. The predicted octanol–water partition coefficient (Wildman–Crippen LogP) is 4.42. The molecule has 0 aliphatic heterocycles. The van der Waals surface area contributed by atoms with Gasteiger partial charge in [0.2, 0.25) is 0 Å². The average Bonchev–Trinajstić information content (AvgIpc) is 2.88. The third-order valence-corrected chi connectivity index (χ3v) is 4.60. The van der Waals surface area contributed by atoms with Crippen LogP contribution in [0.15, 0.2) is 30.3 Å². The molecule has 0 unspecified atom stereocenters. The Morgan fingerprint density at radius 2 is 1.59 bits per heavy atom. The number of fused-ring (bicyclic) bond motifs is 2. The molecule has 4 atom stereocenters. The monoisotopic (exact) mass is 239 g/mol. The Balaban J connectivity index is 1.97. The smallest absolute Gasteiger partial charge is 0.449 e. The van der Waals surface area contributed by atoms with E-state index in [9.17, 15) is 12.9 Å². The minimum absolute atomic E-state index is 0.106. The van der Waals surface area contributed by atoms with Gasteiger partial charge in [-0.25, -0.2) is 0 Å². The van der Waals surface area contributed by atoms with Crippen molar-refractivity contribution in [3.05, 3.63) is 35.9 Å². The molecule has 2 aliphatic rings. The summed E-state index contributed by atoms with van der Waals surface area (Å²) in [5.74, 6) is -1.16. The second-order valence-electron chi connectivity index (χ2n) is 5.47. The molecule has 0 amide bonds. The second-order valence-corrected chi connectivity index (χ2v) is 5.47. The number of rotatable bonds is 2. The molecule has 1 aromatic carbocycles. The number of hydrogen-bond donors (Lipinski definition) is 0. The number of hydrogen-bond acceptors (Lipinski definition) is 0. The van der Waals surface area contributed by atoms with E-state index in [0.29, 0.717) is 0 Å². The lowest BCUT2D eigenvalue weighted by Gasteiger charge is -2.38. The van der Waals surface area contributed by atoms with Crippen LogP contribution in [0.1, 0.15) is 30.7 Å². The first-order valence-corrected chi connectivity index (χ1v) is 6.32. The van der Waals surface area contributed by atoms with Gasteiger partial charge in [-0.1, -0.05) is 48.5 Å². The van der Waals surface area contributed by atoms with Gasteiger partial charge in [0.15, 0.2) is 0 Å². The first-order chi connectivity index (χ1) is 8.07. The van der Waals surface area contributed by atoms with Gasteiger partial charge < -0.3 is 12.9 Å². The lowest BCUT2D eigenvalue weighted by molar-refractivity contribution is 0.332. The summed E-state index contributed by atoms with van der Waals surface area (Å²) in [7, 11) is 0. The molecule has 92 valence electrons. The molecule has 2 fully saturated rings. The van der Waals surface area contributed by atoms with Gasteiger partial charge in [0, 0.05) is 0 Å². The SMILES string of the molecule is F[B-](F)(F)[C@H]1[C@@H]2CC[C@@H](C2)[C@H]1c1ccccc1. The van der Waals surface area contributed by atoms with Crippen LogP contribution in [-0.2, 0) is 0 Å². The molecule has 0 spiro atoms. The fraction of sp³-hybridized carbons (Fsp3) is 0.538. The molecule has 0 saturated heterocycles. The summed E-state index contributed by atoms with van der Waals surface area (Å²) < 4.78 is 39.6. The summed E-state index contributed by atoms with van der Waals surface area (Å²) in [6.07, 6.45) is 2.54. The first-order valence-electron chi connectivity index (χ1n) is 6.32. The van der Waals surface area contributed by atoms with Gasteiger partial charge in [0.25, 0.3) is 0 Å². The molecule has 2 saturated carbocycles. The summed E-state index contributed by atoms with van der Waals surface area (Å²) >= 11 is 0. The van der Waals surface area contributed by atoms with Gasteiger partial charge in [-0.2, -0.15) is 0 Å². The van der Waals surface area contributed by atoms with Crippen LogP contribution in [0, 0.1) is 11.8 Å². The average molecular weight is 239 g/mol. The summed E-state index contributed by atoms with van der Waals surface area (Å²) in [5, 5.41) is 0. The maximum atomic E-state index is 13.2. The largest absolute Gasteiger partial charge is 0.482 e. The van der Waals surface area contributed by atoms with E-state index < -0.39 is 12.8 Å². The van der Waals surface area contributed by atoms with Crippen LogP contribution in [0.5, 0.6) is 0 Å². The molecule has 4 heteroatoms. The van der Waals surface area contributed by atoms with Crippen molar-refractivity contribution in [3.8, 4) is 0 Å². The molecule has 0 heterocycles. The van der Waals surface area contributed by atoms with E-state index in [1.54, 1.807) is 0 Å². The molecule has 17 heavy (non-hydrogen) atoms. The molecule has 2 bridgehead atoms. The Hall–Kier alpha value is -0.925. The summed E-state index contributed by atoms with van der Waals surface area (Å²) in [6, 6.07) is 9.29. The highest BCUT2D eigenvalue weighted by atomic mass is 19.4. The van der Waals surface area contributed by atoms with E-state index in [-0.39, 0.29) is 17.8 Å². The quantitative estimate of drug-likeness (QED) is 0.670. The van der Waals surface area contributed by atoms with Crippen LogP contribution < -0.4 is 0 Å². The lowest BCUT2D eigenvalue weighted by atomic mass is 9.58. The molecule has 0 nitrogen and oxygen atoms in total. The van der Waals surface area contributed by atoms with Gasteiger partial charge >= 0.3 is 6.98 Å². The van der Waals surface area contributed by atoms with Crippen molar-refractivity contribution in [3.63, 3.8) is 0 Å². The lowest BCUT2D eigenvalue weighted by Crippen LogP contribution is -2.33. The van der Waals surface area contributed by atoms with Crippen molar-refractivity contribution >= 4 is 6.98 Å². The summed E-state index contributed by atoms with van der Waals surface area (Å²) in [4.78, 5) is 0. The highest BCUT2D eigenvalue weighted by Gasteiger charge is 2.55. The minimum Gasteiger partial charge on any atom is -0.449 e. The van der Waals surface area contributed by atoms with Crippen LogP contribution in [0.3, 0.4) is 0 Å². The van der Waals surface area contributed by atoms with Gasteiger partial charge in [0.05, 0.1) is 0 Å². The van der Waals surface area contributed by atoms with Crippen molar-refractivity contribution in [1.29, 1.82) is 0 Å². The molecule has 0 aromatic heterocycles. The predicted molar refractivity (Wildman–Crippen MR) is 62.8 cm³/mol. The van der Waals surface area contributed by atoms with Gasteiger partial charge in [-0.3, -0.25) is 0 Å². The van der Waals surface area contributed by atoms with E-state index >= 15 is 0 Å². The van der Waals surface area contributed by atoms with E-state index in [1.807, 2.05) is 30.3 Å². The Morgan fingerprint density at radius 3 is 2.24 bits per heavy atom. The van der Waals surface area contributed by atoms with Crippen LogP contribution >= 0.6 is 0 Å². The topological polar surface area (TPSA) is 0 Å². The molecular weight excluding hydrogens is 224 g/mol. The van der Waals surface area contributed by atoms with Crippen molar-refractivity contribution in [2.45, 2.75) is 31.0 Å². The summed E-state index contributed by atoms with van der Waals surface area (Å²) in [5.41, 5.74) is 0.893. The Labute approximate surface area is 99.3 Å². The normalized spacial score (nSPS) is 36.4. The van der Waals surface area contributed by atoms with E-state index in [1.165, 1.54) is 0 Å². The fourth-order valence-corrected chi connectivity index (χ4v) is 4.05. The van der Waals surface area contributed by atoms with E-state index in [0.717, 1.165) is 24.8 Å². The van der Waals surface area contributed by atoms with Gasteiger partial charge in [-0.15, -0.1) is 0 Å². The second kappa shape index (κ2) is 3.79. The molecule has 2 aliphatic carbocycles. The van der Waals surface area contributed by atoms with Gasteiger partial charge in [-0.05, 0) is 30.2 Å². The van der Waals surface area contributed by atoms with Crippen molar-refractivity contribution in [2.24, 2.45) is 11.8 Å². The summed E-state index contributed by atoms with van der Waals surface area (Å²) in [6.45, 7) is -4.71. The molecule has 3 rings (SSSR count). The number of halogens is 3. The van der Waals surface area contributed by atoms with Crippen LogP contribution in [0.2, 0.25) is 5.82 Å². The van der Waals surface area contributed by atoms with Crippen LogP contribution in [-0.4, -0.2) is 6.98 Å². The third-order valence-electron chi connectivity index (χ3n) is 4.60. The Bertz CT molecular complexity index is 401. The van der Waals surface area contributed by atoms with Gasteiger partial charge in [0.1, 0.15) is 0 Å². The Kier molecular flexibility index (Phi) is 2.49. The molecular formula is C13H15BF3-. The Morgan fingerprint density at radius 1 is 0.941 bits per heavy atom. The fourth-order valence-electron chi connectivity index (χ4n) is 4.05. The van der Waals surface area contributed by atoms with E-state index in [2.05, 4.69) is 0 Å². The number of benzene rings is 1. The minimum atomic E-state index is -4.71. The van der Waals surface area contributed by atoms with Crippen LogP contribution in [0.4, 0.5) is 12.9 Å². The molecule has 0 radical (unpaired) electrons. The standard InChI is InChI=1S/C13H15BF3/c15-14(16,17)13-11-7-6-10(8-11)12(13)9-4-2-1-3-5-9/h1-5,10-13H,6-8H2/q-1/t10-,11+,12+,13-/m0/s1. The van der Waals surface area contributed by atoms with Crippen molar-refractivity contribution < 1.29 is 12.9 Å².